The number of carbonyl (C=O) groups excluding carboxylic acids is 1. The van der Waals surface area contributed by atoms with Crippen LogP contribution in [0.3, 0.4) is 0 Å². The Labute approximate surface area is 173 Å². The molecular weight excluding hydrogens is 386 g/mol. The number of amides is 1. The van der Waals surface area contributed by atoms with Crippen LogP contribution >= 0.6 is 0 Å². The molecule has 0 radical (unpaired) electrons. The summed E-state index contributed by atoms with van der Waals surface area (Å²) in [6, 6.07) is 12.2. The number of nitrogens with zero attached hydrogens (tertiary/aromatic N) is 2. The first-order valence-corrected chi connectivity index (χ1v) is 12.0. The average Bonchev–Trinajstić information content (AvgIpc) is 2.70. The van der Waals surface area contributed by atoms with E-state index in [0.29, 0.717) is 25.3 Å². The number of likely N-dealkylation sites (tertiary alicyclic amines) is 1. The number of piperidine rings is 1. The van der Waals surface area contributed by atoms with Crippen LogP contribution in [0.1, 0.15) is 29.5 Å². The lowest BCUT2D eigenvalue weighted by Gasteiger charge is -2.32. The zero-order valence-corrected chi connectivity index (χ0v) is 17.7. The Balaban J connectivity index is 1.41. The molecule has 0 spiro atoms. The predicted octanol–water partition coefficient (Wildman–Crippen LogP) is 2.20. The third-order valence-electron chi connectivity index (χ3n) is 5.40. The minimum atomic E-state index is -3.13. The lowest BCUT2D eigenvalue weighted by molar-refractivity contribution is -0.131. The Hall–Kier alpha value is -2.25. The van der Waals surface area contributed by atoms with Crippen LogP contribution in [0, 0.1) is 5.92 Å². The van der Waals surface area contributed by atoms with Crippen molar-refractivity contribution in [2.45, 2.75) is 32.1 Å². The molecule has 2 heterocycles. The van der Waals surface area contributed by atoms with Crippen molar-refractivity contribution >= 4 is 15.9 Å². The summed E-state index contributed by atoms with van der Waals surface area (Å²) in [5, 5.41) is 0. The molecule has 7 heteroatoms. The maximum Gasteiger partial charge on any atom is 0.226 e. The Morgan fingerprint density at radius 3 is 2.28 bits per heavy atom. The first kappa shape index (κ1) is 21.5. The minimum absolute atomic E-state index is 0.196. The second kappa shape index (κ2) is 9.98. The fourth-order valence-corrected chi connectivity index (χ4v) is 4.20. The Bertz CT molecular complexity index is 891. The van der Waals surface area contributed by atoms with Crippen LogP contribution < -0.4 is 4.72 Å². The number of aromatic nitrogens is 1. The van der Waals surface area contributed by atoms with Crippen molar-refractivity contribution in [3.63, 3.8) is 0 Å². The van der Waals surface area contributed by atoms with Crippen molar-refractivity contribution in [2.75, 3.05) is 25.9 Å². The summed E-state index contributed by atoms with van der Waals surface area (Å²) in [5.74, 6) is 0.791. The van der Waals surface area contributed by atoms with Gasteiger partial charge in [0.25, 0.3) is 0 Å². The van der Waals surface area contributed by atoms with Crippen LogP contribution in [-0.4, -0.2) is 50.1 Å². The Morgan fingerprint density at radius 1 is 1.03 bits per heavy atom. The maximum absolute atomic E-state index is 12.5. The van der Waals surface area contributed by atoms with Crippen LogP contribution in [-0.2, 0) is 34.1 Å². The summed E-state index contributed by atoms with van der Waals surface area (Å²) < 4.78 is 24.7. The van der Waals surface area contributed by atoms with E-state index in [1.165, 1.54) is 11.8 Å². The molecule has 1 fully saturated rings. The van der Waals surface area contributed by atoms with Gasteiger partial charge in [-0.2, -0.15) is 0 Å². The quantitative estimate of drug-likeness (QED) is 0.717. The molecule has 0 atom stereocenters. The van der Waals surface area contributed by atoms with E-state index in [2.05, 4.69) is 34.0 Å². The SMILES string of the molecule is CS(=O)(=O)NCCc1ccc(CC2CCN(C(=O)Cc3ccncc3)CC2)cc1. The van der Waals surface area contributed by atoms with Crippen LogP contribution in [0.5, 0.6) is 0 Å². The highest BCUT2D eigenvalue weighted by atomic mass is 32.2. The second-order valence-corrected chi connectivity index (χ2v) is 9.63. The van der Waals surface area contributed by atoms with Crippen LogP contribution in [0.15, 0.2) is 48.8 Å². The molecule has 2 aromatic rings. The van der Waals surface area contributed by atoms with Crippen molar-refractivity contribution in [1.29, 1.82) is 0 Å². The lowest BCUT2D eigenvalue weighted by Crippen LogP contribution is -2.39. The maximum atomic E-state index is 12.5. The van der Waals surface area contributed by atoms with Crippen molar-refractivity contribution < 1.29 is 13.2 Å². The third-order valence-corrected chi connectivity index (χ3v) is 6.13. The van der Waals surface area contributed by atoms with Gasteiger partial charge in [0.15, 0.2) is 0 Å². The van der Waals surface area contributed by atoms with Crippen LogP contribution in [0.2, 0.25) is 0 Å². The highest BCUT2D eigenvalue weighted by molar-refractivity contribution is 7.88. The molecule has 0 unspecified atom stereocenters. The molecule has 0 bridgehead atoms. The lowest BCUT2D eigenvalue weighted by atomic mass is 9.89. The number of hydrogen-bond acceptors (Lipinski definition) is 4. The number of nitrogens with one attached hydrogen (secondary N) is 1. The zero-order chi connectivity index (χ0) is 20.7. The van der Waals surface area contributed by atoms with Gasteiger partial charge in [-0.3, -0.25) is 9.78 Å². The van der Waals surface area contributed by atoms with Crippen molar-refractivity contribution in [1.82, 2.24) is 14.6 Å². The van der Waals surface area contributed by atoms with Gasteiger partial charge < -0.3 is 4.90 Å². The molecular formula is C22H29N3O3S. The van der Waals surface area contributed by atoms with Gasteiger partial charge in [-0.1, -0.05) is 24.3 Å². The molecule has 1 aliphatic heterocycles. The van der Waals surface area contributed by atoms with E-state index in [1.807, 2.05) is 17.0 Å². The first-order chi connectivity index (χ1) is 13.9. The van der Waals surface area contributed by atoms with Crippen LogP contribution in [0.4, 0.5) is 0 Å². The highest BCUT2D eigenvalue weighted by Gasteiger charge is 2.23. The second-order valence-electron chi connectivity index (χ2n) is 7.79. The summed E-state index contributed by atoms with van der Waals surface area (Å²) in [5.41, 5.74) is 3.44. The molecule has 0 aliphatic carbocycles. The number of pyridine rings is 1. The number of sulfonamides is 1. The molecule has 1 aromatic carbocycles. The van der Waals surface area contributed by atoms with Gasteiger partial charge in [0.1, 0.15) is 0 Å². The molecule has 6 nitrogen and oxygen atoms in total. The zero-order valence-electron chi connectivity index (χ0n) is 16.9. The number of benzene rings is 1. The monoisotopic (exact) mass is 415 g/mol. The normalized spacial score (nSPS) is 15.4. The van der Waals surface area contributed by atoms with Crippen LogP contribution in [0.25, 0.3) is 0 Å². The summed E-state index contributed by atoms with van der Waals surface area (Å²) in [6.07, 6.45) is 8.84. The van der Waals surface area contributed by atoms with Gasteiger partial charge in [-0.25, -0.2) is 13.1 Å². The molecule has 1 N–H and O–H groups in total. The van der Waals surface area contributed by atoms with E-state index in [9.17, 15) is 13.2 Å². The summed E-state index contributed by atoms with van der Waals surface area (Å²) in [7, 11) is -3.13. The third kappa shape index (κ3) is 7.25. The van der Waals surface area contributed by atoms with Gasteiger partial charge in [-0.05, 0) is 60.4 Å². The van der Waals surface area contributed by atoms with Crippen molar-refractivity contribution in [2.24, 2.45) is 5.92 Å². The molecule has 0 saturated carbocycles. The van der Waals surface area contributed by atoms with E-state index in [4.69, 9.17) is 0 Å². The number of rotatable bonds is 8. The molecule has 156 valence electrons. The van der Waals surface area contributed by atoms with Gasteiger partial charge in [-0.15, -0.1) is 0 Å². The van der Waals surface area contributed by atoms with E-state index < -0.39 is 10.0 Å². The first-order valence-electron chi connectivity index (χ1n) is 10.1. The van der Waals surface area contributed by atoms with Gasteiger partial charge >= 0.3 is 0 Å². The van der Waals surface area contributed by atoms with Gasteiger partial charge in [0.05, 0.1) is 12.7 Å². The van der Waals surface area contributed by atoms with Crippen molar-refractivity contribution in [3.8, 4) is 0 Å². The topological polar surface area (TPSA) is 79.4 Å². The van der Waals surface area contributed by atoms with E-state index in [-0.39, 0.29) is 5.91 Å². The molecule has 1 amide bonds. The standard InChI is InChI=1S/C22H29N3O3S/c1-29(27,28)24-13-8-18-2-4-19(5-3-18)16-21-9-14-25(15-10-21)22(26)17-20-6-11-23-12-7-20/h2-7,11-12,21,24H,8-10,13-17H2,1H3. The predicted molar refractivity (Wildman–Crippen MR) is 114 cm³/mol. The van der Waals surface area contributed by atoms with E-state index >= 15 is 0 Å². The Kier molecular flexibility index (Phi) is 7.39. The summed E-state index contributed by atoms with van der Waals surface area (Å²) in [4.78, 5) is 18.5. The van der Waals surface area contributed by atoms with E-state index in [1.54, 1.807) is 12.4 Å². The smallest absolute Gasteiger partial charge is 0.226 e. The molecule has 3 rings (SSSR count). The van der Waals surface area contributed by atoms with E-state index in [0.717, 1.165) is 43.5 Å². The van der Waals surface area contributed by atoms with Gasteiger partial charge in [0, 0.05) is 32.0 Å². The highest BCUT2D eigenvalue weighted by Crippen LogP contribution is 2.22. The van der Waals surface area contributed by atoms with Crippen molar-refractivity contribution in [3.05, 3.63) is 65.5 Å². The van der Waals surface area contributed by atoms with Gasteiger partial charge in [0.2, 0.25) is 15.9 Å². The average molecular weight is 416 g/mol. The molecule has 1 aromatic heterocycles. The fourth-order valence-electron chi connectivity index (χ4n) is 3.73. The Morgan fingerprint density at radius 2 is 1.66 bits per heavy atom. The molecule has 1 saturated heterocycles. The molecule has 1 aliphatic rings. The number of hydrogen-bond donors (Lipinski definition) is 1. The fraction of sp³-hybridized carbons (Fsp3) is 0.455. The summed E-state index contributed by atoms with van der Waals surface area (Å²) >= 11 is 0. The minimum Gasteiger partial charge on any atom is -0.342 e. The number of carbonyl (C=O) groups is 1. The molecule has 29 heavy (non-hydrogen) atoms. The largest absolute Gasteiger partial charge is 0.342 e. The summed E-state index contributed by atoms with van der Waals surface area (Å²) in [6.45, 7) is 2.07.